The molecule has 2 fully saturated rings. The van der Waals surface area contributed by atoms with Crippen LogP contribution >= 0.6 is 0 Å². The number of hydrogen-bond donors (Lipinski definition) is 1. The Kier molecular flexibility index (Phi) is 4.26. The highest BCUT2D eigenvalue weighted by atomic mass is 15.3. The molecular weight excluding hydrogens is 208 g/mol. The lowest BCUT2D eigenvalue weighted by Crippen LogP contribution is -2.64. The molecule has 2 rings (SSSR count). The molecule has 1 saturated heterocycles. The van der Waals surface area contributed by atoms with Gasteiger partial charge < -0.3 is 5.32 Å². The average Bonchev–Trinajstić information content (AvgIpc) is 2.32. The molecule has 0 aromatic rings. The van der Waals surface area contributed by atoms with Crippen molar-refractivity contribution in [3.8, 4) is 0 Å². The van der Waals surface area contributed by atoms with Crippen LogP contribution in [0.4, 0.5) is 0 Å². The van der Waals surface area contributed by atoms with Gasteiger partial charge in [-0.15, -0.1) is 0 Å². The molecule has 1 N–H and O–H groups in total. The lowest BCUT2D eigenvalue weighted by molar-refractivity contribution is 0.0223. The van der Waals surface area contributed by atoms with E-state index in [0.717, 1.165) is 6.54 Å². The number of allylic oxidation sites excluding steroid dienone is 1. The molecular formula is C15H28N2. The fraction of sp³-hybridized carbons (Fsp3) is 0.867. The maximum absolute atomic E-state index is 3.70. The van der Waals surface area contributed by atoms with Crippen molar-refractivity contribution in [3.63, 3.8) is 0 Å². The summed E-state index contributed by atoms with van der Waals surface area (Å²) >= 11 is 0. The van der Waals surface area contributed by atoms with Crippen LogP contribution in [0.1, 0.15) is 52.9 Å². The van der Waals surface area contributed by atoms with Gasteiger partial charge in [-0.25, -0.2) is 0 Å². The topological polar surface area (TPSA) is 15.3 Å². The fourth-order valence-electron chi connectivity index (χ4n) is 3.33. The molecule has 1 saturated carbocycles. The second-order valence-electron chi connectivity index (χ2n) is 6.25. The first-order valence-electron chi connectivity index (χ1n) is 7.24. The van der Waals surface area contributed by atoms with Gasteiger partial charge in [-0.3, -0.25) is 4.90 Å². The Morgan fingerprint density at radius 2 is 2.00 bits per heavy atom. The van der Waals surface area contributed by atoms with Crippen LogP contribution in [0.25, 0.3) is 0 Å². The lowest BCUT2D eigenvalue weighted by atomic mass is 9.78. The van der Waals surface area contributed by atoms with Crippen molar-refractivity contribution in [2.45, 2.75) is 64.5 Å². The summed E-state index contributed by atoms with van der Waals surface area (Å²) in [6.45, 7) is 10.3. The molecule has 0 bridgehead atoms. The van der Waals surface area contributed by atoms with E-state index in [1.807, 2.05) is 0 Å². The van der Waals surface area contributed by atoms with Crippen molar-refractivity contribution in [1.29, 1.82) is 0 Å². The third-order valence-corrected chi connectivity index (χ3v) is 4.45. The predicted molar refractivity (Wildman–Crippen MR) is 74.3 cm³/mol. The normalized spacial score (nSPS) is 29.2. The number of nitrogens with one attached hydrogen (secondary N) is 1. The number of rotatable bonds is 2. The smallest absolute Gasteiger partial charge is 0.0338 e. The first-order valence-corrected chi connectivity index (χ1v) is 7.24. The van der Waals surface area contributed by atoms with Gasteiger partial charge in [0.2, 0.25) is 0 Å². The highest BCUT2D eigenvalue weighted by Gasteiger charge is 2.40. The summed E-state index contributed by atoms with van der Waals surface area (Å²) in [5, 5.41) is 3.70. The van der Waals surface area contributed by atoms with E-state index in [-0.39, 0.29) is 0 Å². The van der Waals surface area contributed by atoms with E-state index in [4.69, 9.17) is 0 Å². The third-order valence-electron chi connectivity index (χ3n) is 4.45. The van der Waals surface area contributed by atoms with Gasteiger partial charge in [0.05, 0.1) is 0 Å². The van der Waals surface area contributed by atoms with E-state index < -0.39 is 0 Å². The fourth-order valence-corrected chi connectivity index (χ4v) is 3.33. The third kappa shape index (κ3) is 3.11. The highest BCUT2D eigenvalue weighted by Crippen LogP contribution is 2.35. The minimum absolute atomic E-state index is 0.469. The van der Waals surface area contributed by atoms with E-state index in [1.54, 1.807) is 0 Å². The maximum atomic E-state index is 3.70. The summed E-state index contributed by atoms with van der Waals surface area (Å²) in [4.78, 5) is 2.75. The average molecular weight is 236 g/mol. The van der Waals surface area contributed by atoms with Crippen LogP contribution in [0.2, 0.25) is 0 Å². The molecule has 2 aliphatic rings. The van der Waals surface area contributed by atoms with Crippen molar-refractivity contribution in [2.75, 3.05) is 19.6 Å². The van der Waals surface area contributed by atoms with Crippen LogP contribution in [-0.4, -0.2) is 36.1 Å². The van der Waals surface area contributed by atoms with Crippen LogP contribution < -0.4 is 5.32 Å². The molecule has 1 atom stereocenters. The van der Waals surface area contributed by atoms with E-state index >= 15 is 0 Å². The van der Waals surface area contributed by atoms with Gasteiger partial charge in [0, 0.05) is 31.2 Å². The standard InChI is InChI=1S/C15H28N2/c1-13(2)7-10-17-11-14(3)16-12-15(17)8-5-4-6-9-15/h7,14,16H,4-6,8-12H2,1-3H3. The second-order valence-corrected chi connectivity index (χ2v) is 6.25. The van der Waals surface area contributed by atoms with Crippen LogP contribution in [0, 0.1) is 0 Å². The molecule has 1 aliphatic heterocycles. The van der Waals surface area contributed by atoms with Gasteiger partial charge in [0.15, 0.2) is 0 Å². The van der Waals surface area contributed by atoms with Crippen LogP contribution in [-0.2, 0) is 0 Å². The summed E-state index contributed by atoms with van der Waals surface area (Å²) in [7, 11) is 0. The zero-order chi connectivity index (χ0) is 12.3. The van der Waals surface area contributed by atoms with Gasteiger partial charge in [0.25, 0.3) is 0 Å². The predicted octanol–water partition coefficient (Wildman–Crippen LogP) is 2.95. The number of nitrogens with zero attached hydrogens (tertiary/aromatic N) is 1. The van der Waals surface area contributed by atoms with E-state index in [0.29, 0.717) is 11.6 Å². The molecule has 1 spiro atoms. The lowest BCUT2D eigenvalue weighted by Gasteiger charge is -2.51. The van der Waals surface area contributed by atoms with E-state index in [2.05, 4.69) is 37.1 Å². The summed E-state index contributed by atoms with van der Waals surface area (Å²) < 4.78 is 0. The van der Waals surface area contributed by atoms with E-state index in [1.165, 1.54) is 50.8 Å². The maximum Gasteiger partial charge on any atom is 0.0338 e. The molecule has 2 nitrogen and oxygen atoms in total. The van der Waals surface area contributed by atoms with Crippen molar-refractivity contribution in [1.82, 2.24) is 10.2 Å². The SMILES string of the molecule is CC(C)=CCN1CC(C)NCC12CCCCC2. The highest BCUT2D eigenvalue weighted by molar-refractivity contribution is 5.04. The number of hydrogen-bond acceptors (Lipinski definition) is 2. The van der Waals surface area contributed by atoms with Crippen molar-refractivity contribution < 1.29 is 0 Å². The van der Waals surface area contributed by atoms with Crippen LogP contribution in [0.15, 0.2) is 11.6 Å². The Morgan fingerprint density at radius 3 is 2.65 bits per heavy atom. The minimum Gasteiger partial charge on any atom is -0.311 e. The monoisotopic (exact) mass is 236 g/mol. The van der Waals surface area contributed by atoms with Crippen molar-refractivity contribution in [2.24, 2.45) is 0 Å². The quantitative estimate of drug-likeness (QED) is 0.742. The van der Waals surface area contributed by atoms with Gasteiger partial charge in [-0.1, -0.05) is 30.9 Å². The van der Waals surface area contributed by atoms with Crippen molar-refractivity contribution in [3.05, 3.63) is 11.6 Å². The molecule has 0 aromatic carbocycles. The summed E-state index contributed by atoms with van der Waals surface area (Å²) in [6, 6.07) is 0.646. The number of piperazine rings is 1. The zero-order valence-electron chi connectivity index (χ0n) is 11.8. The van der Waals surface area contributed by atoms with Crippen LogP contribution in [0.5, 0.6) is 0 Å². The largest absolute Gasteiger partial charge is 0.311 e. The molecule has 1 heterocycles. The Bertz CT molecular complexity index is 273. The van der Waals surface area contributed by atoms with Crippen molar-refractivity contribution >= 4 is 0 Å². The molecule has 2 heteroatoms. The molecule has 98 valence electrons. The van der Waals surface area contributed by atoms with Gasteiger partial charge in [-0.05, 0) is 33.6 Å². The molecule has 0 amide bonds. The second kappa shape index (κ2) is 5.53. The summed E-state index contributed by atoms with van der Waals surface area (Å²) in [6.07, 6.45) is 9.46. The van der Waals surface area contributed by atoms with Gasteiger partial charge in [0.1, 0.15) is 0 Å². The van der Waals surface area contributed by atoms with Crippen LogP contribution in [0.3, 0.4) is 0 Å². The van der Waals surface area contributed by atoms with Gasteiger partial charge in [-0.2, -0.15) is 0 Å². The molecule has 1 unspecified atom stereocenters. The summed E-state index contributed by atoms with van der Waals surface area (Å²) in [5.74, 6) is 0. The Morgan fingerprint density at radius 1 is 1.29 bits per heavy atom. The van der Waals surface area contributed by atoms with E-state index in [9.17, 15) is 0 Å². The Hall–Kier alpha value is -0.340. The summed E-state index contributed by atoms with van der Waals surface area (Å²) in [5.41, 5.74) is 1.92. The first kappa shape index (κ1) is 13.1. The Labute approximate surface area is 106 Å². The zero-order valence-corrected chi connectivity index (χ0v) is 11.8. The molecule has 0 aromatic heterocycles. The van der Waals surface area contributed by atoms with Gasteiger partial charge >= 0.3 is 0 Å². The molecule has 17 heavy (non-hydrogen) atoms. The Balaban J connectivity index is 2.07. The molecule has 0 radical (unpaired) electrons. The molecule has 1 aliphatic carbocycles. The first-order chi connectivity index (χ1) is 8.12. The minimum atomic E-state index is 0.469.